The van der Waals surface area contributed by atoms with Crippen molar-refractivity contribution in [3.05, 3.63) is 17.8 Å². The number of aromatic nitrogens is 2. The number of aliphatic carboxylic acids is 1. The van der Waals surface area contributed by atoms with Gasteiger partial charge in [0.05, 0.1) is 25.9 Å². The molecule has 4 rings (SSSR count). The second-order valence-corrected chi connectivity index (χ2v) is 8.46. The summed E-state index contributed by atoms with van der Waals surface area (Å²) in [6.07, 6.45) is -6.57. The Morgan fingerprint density at radius 1 is 1.17 bits per heavy atom. The van der Waals surface area contributed by atoms with Crippen molar-refractivity contribution in [2.75, 3.05) is 44.3 Å². The van der Waals surface area contributed by atoms with Gasteiger partial charge in [0.1, 0.15) is 5.60 Å². The van der Waals surface area contributed by atoms with E-state index >= 15 is 0 Å². The maximum Gasteiger partial charge on any atom is 0.490 e. The summed E-state index contributed by atoms with van der Waals surface area (Å²) in [5, 5.41) is 14.2. The summed E-state index contributed by atoms with van der Waals surface area (Å²) in [7, 11) is 0. The van der Waals surface area contributed by atoms with E-state index < -0.39 is 29.6 Å². The number of carboxylic acid groups (broad SMARTS) is 1. The fourth-order valence-electron chi connectivity index (χ4n) is 4.14. The molecule has 1 N–H and O–H groups in total. The molecule has 1 amide bonds. The van der Waals surface area contributed by atoms with Gasteiger partial charge in [-0.3, -0.25) is 4.79 Å². The quantitative estimate of drug-likeness (QED) is 0.614. The number of amides is 1. The van der Waals surface area contributed by atoms with Gasteiger partial charge >= 0.3 is 18.3 Å². The van der Waals surface area contributed by atoms with Crippen molar-refractivity contribution in [2.24, 2.45) is 0 Å². The van der Waals surface area contributed by atoms with Crippen LogP contribution in [0.5, 0.6) is 0 Å². The summed E-state index contributed by atoms with van der Waals surface area (Å²) in [6, 6.07) is 2.28. The predicted molar refractivity (Wildman–Crippen MR) is 106 cm³/mol. The number of nitrogens with zero attached hydrogens (tertiary/aromatic N) is 4. The summed E-state index contributed by atoms with van der Waals surface area (Å²) in [4.78, 5) is 24.5. The lowest BCUT2D eigenvalue weighted by atomic mass is 10.00. The van der Waals surface area contributed by atoms with Crippen molar-refractivity contribution >= 4 is 17.7 Å². The second kappa shape index (κ2) is 10.5. The number of halogens is 6. The minimum absolute atomic E-state index is 0.0516. The summed E-state index contributed by atoms with van der Waals surface area (Å²) < 4.78 is 81.9. The lowest BCUT2D eigenvalue weighted by Crippen LogP contribution is -2.46. The van der Waals surface area contributed by atoms with E-state index in [0.717, 1.165) is 31.9 Å². The molecule has 3 aliphatic rings. The van der Waals surface area contributed by atoms with Crippen LogP contribution in [0, 0.1) is 0 Å². The van der Waals surface area contributed by atoms with Crippen molar-refractivity contribution in [1.29, 1.82) is 0 Å². The van der Waals surface area contributed by atoms with Crippen LogP contribution in [0.2, 0.25) is 0 Å². The van der Waals surface area contributed by atoms with Crippen molar-refractivity contribution in [3.63, 3.8) is 0 Å². The molecule has 0 aromatic carbocycles. The van der Waals surface area contributed by atoms with Gasteiger partial charge in [0.2, 0.25) is 5.91 Å². The SMILES string of the molecule is O=C(O)C(F)(F)F.O=C1CCCN1C[C@H]1CC[C@]2(COCCN(c3ccc(C(F)(F)F)nn3)C2)O1. The average molecular weight is 514 g/mol. The van der Waals surface area contributed by atoms with Crippen LogP contribution in [0.1, 0.15) is 31.4 Å². The number of anilines is 1. The first-order valence-corrected chi connectivity index (χ1v) is 10.8. The van der Waals surface area contributed by atoms with E-state index in [2.05, 4.69) is 10.2 Å². The Hall–Kier alpha value is -2.68. The molecular weight excluding hydrogens is 490 g/mol. The highest BCUT2D eigenvalue weighted by Crippen LogP contribution is 2.35. The van der Waals surface area contributed by atoms with Crippen LogP contribution in [0.25, 0.3) is 0 Å². The maximum absolute atomic E-state index is 12.7. The van der Waals surface area contributed by atoms with Crippen molar-refractivity contribution in [3.8, 4) is 0 Å². The Kier molecular flexibility index (Phi) is 8.09. The monoisotopic (exact) mass is 514 g/mol. The van der Waals surface area contributed by atoms with Crippen LogP contribution in [0.4, 0.5) is 32.2 Å². The molecule has 1 aromatic rings. The zero-order chi connectivity index (χ0) is 25.9. The smallest absolute Gasteiger partial charge is 0.475 e. The van der Waals surface area contributed by atoms with Crippen LogP contribution < -0.4 is 4.90 Å². The largest absolute Gasteiger partial charge is 0.490 e. The van der Waals surface area contributed by atoms with E-state index in [-0.39, 0.29) is 12.0 Å². The van der Waals surface area contributed by atoms with Crippen molar-refractivity contribution in [2.45, 2.75) is 49.7 Å². The van der Waals surface area contributed by atoms with Gasteiger partial charge in [-0.1, -0.05) is 0 Å². The van der Waals surface area contributed by atoms with Crippen LogP contribution in [0.15, 0.2) is 12.1 Å². The minimum Gasteiger partial charge on any atom is -0.475 e. The molecule has 0 saturated carbocycles. The van der Waals surface area contributed by atoms with Crippen molar-refractivity contribution in [1.82, 2.24) is 15.1 Å². The number of rotatable bonds is 3. The number of carbonyl (C=O) groups is 2. The molecule has 35 heavy (non-hydrogen) atoms. The molecule has 196 valence electrons. The molecule has 0 aliphatic carbocycles. The fraction of sp³-hybridized carbons (Fsp3) is 0.700. The molecule has 3 saturated heterocycles. The zero-order valence-electron chi connectivity index (χ0n) is 18.4. The van der Waals surface area contributed by atoms with Gasteiger partial charge in [0.25, 0.3) is 0 Å². The molecule has 0 bridgehead atoms. The molecule has 3 fully saturated rings. The Bertz CT molecular complexity index is 897. The number of hydrogen-bond donors (Lipinski definition) is 1. The second-order valence-electron chi connectivity index (χ2n) is 8.46. The van der Waals surface area contributed by atoms with E-state index in [1.807, 2.05) is 9.80 Å². The van der Waals surface area contributed by atoms with Crippen LogP contribution in [-0.2, 0) is 25.2 Å². The third kappa shape index (κ3) is 7.16. The topological polar surface area (TPSA) is 105 Å². The molecule has 1 aromatic heterocycles. The molecule has 9 nitrogen and oxygen atoms in total. The normalized spacial score (nSPS) is 25.4. The number of carboxylic acids is 1. The highest BCUT2D eigenvalue weighted by molar-refractivity contribution is 5.78. The van der Waals surface area contributed by atoms with Gasteiger partial charge in [-0.25, -0.2) is 4.79 Å². The Balaban J connectivity index is 0.000000429. The van der Waals surface area contributed by atoms with Gasteiger partial charge in [-0.2, -0.15) is 26.3 Å². The van der Waals surface area contributed by atoms with Gasteiger partial charge in [-0.05, 0) is 31.4 Å². The standard InChI is InChI=1S/C18H23F3N4O3.C2HF3O2/c19-18(20,21)14-3-4-15(23-22-14)25-8-9-27-12-17(11-25)6-5-13(28-17)10-24-7-1-2-16(24)26;3-2(4,5)1(6)7/h3-4,13H,1-2,5-12H2;(H,6,7)/t13-,17+;/m1./s1. The molecule has 0 unspecified atom stereocenters. The van der Waals surface area contributed by atoms with Crippen LogP contribution in [-0.4, -0.2) is 89.4 Å². The van der Waals surface area contributed by atoms with Crippen molar-refractivity contribution < 1.29 is 50.5 Å². The van der Waals surface area contributed by atoms with E-state index in [1.54, 1.807) is 0 Å². The van der Waals surface area contributed by atoms with Gasteiger partial charge in [-0.15, -0.1) is 10.2 Å². The first-order valence-electron chi connectivity index (χ1n) is 10.8. The third-order valence-electron chi connectivity index (χ3n) is 5.79. The number of carbonyl (C=O) groups excluding carboxylic acids is 1. The number of hydrogen-bond acceptors (Lipinski definition) is 7. The molecule has 3 aliphatic heterocycles. The van der Waals surface area contributed by atoms with E-state index in [0.29, 0.717) is 45.1 Å². The molecule has 1 spiro atoms. The first-order chi connectivity index (χ1) is 16.3. The number of alkyl halides is 6. The number of ether oxygens (including phenoxy) is 2. The van der Waals surface area contributed by atoms with E-state index in [1.165, 1.54) is 6.07 Å². The molecule has 0 radical (unpaired) electrons. The third-order valence-corrected chi connectivity index (χ3v) is 5.79. The van der Waals surface area contributed by atoms with E-state index in [4.69, 9.17) is 19.4 Å². The van der Waals surface area contributed by atoms with Gasteiger partial charge < -0.3 is 24.4 Å². The van der Waals surface area contributed by atoms with Crippen LogP contribution in [0.3, 0.4) is 0 Å². The lowest BCUT2D eigenvalue weighted by Gasteiger charge is -2.32. The van der Waals surface area contributed by atoms with Gasteiger partial charge in [0.15, 0.2) is 11.5 Å². The van der Waals surface area contributed by atoms with Crippen LogP contribution >= 0.6 is 0 Å². The molecule has 2 atom stereocenters. The van der Waals surface area contributed by atoms with E-state index in [9.17, 15) is 31.1 Å². The van der Waals surface area contributed by atoms with Gasteiger partial charge in [0, 0.05) is 26.1 Å². The summed E-state index contributed by atoms with van der Waals surface area (Å²) in [5.74, 6) is -2.21. The molecule has 15 heteroatoms. The highest BCUT2D eigenvalue weighted by Gasteiger charge is 2.44. The zero-order valence-corrected chi connectivity index (χ0v) is 18.4. The average Bonchev–Trinajstić information content (AvgIpc) is 3.28. The maximum atomic E-state index is 12.7. The Morgan fingerprint density at radius 2 is 1.89 bits per heavy atom. The number of likely N-dealkylation sites (tertiary alicyclic amines) is 1. The highest BCUT2D eigenvalue weighted by atomic mass is 19.4. The Labute approximate surface area is 196 Å². The fourth-order valence-corrected chi connectivity index (χ4v) is 4.14. The summed E-state index contributed by atoms with van der Waals surface area (Å²) in [5.41, 5.74) is -1.56. The molecular formula is C20H24F6N4O5. The lowest BCUT2D eigenvalue weighted by molar-refractivity contribution is -0.192. The predicted octanol–water partition coefficient (Wildman–Crippen LogP) is 2.51. The minimum atomic E-state index is -5.08. The molecule has 4 heterocycles. The first kappa shape index (κ1) is 26.9. The summed E-state index contributed by atoms with van der Waals surface area (Å²) in [6.45, 7) is 3.18. The Morgan fingerprint density at radius 3 is 2.43 bits per heavy atom. The summed E-state index contributed by atoms with van der Waals surface area (Å²) >= 11 is 0.